The summed E-state index contributed by atoms with van der Waals surface area (Å²) >= 11 is 0. The number of benzene rings is 3. The first kappa shape index (κ1) is 21.3. The van der Waals surface area contributed by atoms with Crippen LogP contribution in [0.25, 0.3) is 16.5 Å². The molecule has 0 bridgehead atoms. The Bertz CT molecular complexity index is 1600. The number of aryl methyl sites for hydroxylation is 2. The lowest BCUT2D eigenvalue weighted by Crippen LogP contribution is -2.25. The molecule has 0 unspecified atom stereocenters. The second-order valence-corrected chi connectivity index (χ2v) is 8.27. The fourth-order valence-electron chi connectivity index (χ4n) is 4.18. The van der Waals surface area contributed by atoms with Gasteiger partial charge in [0.05, 0.1) is 23.2 Å². The van der Waals surface area contributed by atoms with Gasteiger partial charge in [0.25, 0.3) is 11.5 Å². The molecule has 7 nitrogen and oxygen atoms in total. The minimum absolute atomic E-state index is 0.223. The number of aromatic nitrogens is 1. The first-order valence-electron chi connectivity index (χ1n) is 10.8. The van der Waals surface area contributed by atoms with Crippen LogP contribution < -0.4 is 10.5 Å². The van der Waals surface area contributed by atoms with E-state index in [9.17, 15) is 14.7 Å². The number of likely N-dealkylation sites (N-methyl/N-ethyl adjacent to an activating group) is 1. The van der Waals surface area contributed by atoms with Crippen LogP contribution in [0.1, 0.15) is 22.3 Å². The van der Waals surface area contributed by atoms with Gasteiger partial charge in [-0.05, 0) is 49.2 Å². The molecule has 0 fully saturated rings. The van der Waals surface area contributed by atoms with Crippen molar-refractivity contribution < 1.29 is 9.90 Å². The third kappa shape index (κ3) is 3.29. The molecule has 1 N–H and O–H groups in total. The van der Waals surface area contributed by atoms with E-state index in [1.165, 1.54) is 15.7 Å². The molecule has 0 saturated heterocycles. The zero-order valence-corrected chi connectivity index (χ0v) is 19.0. The number of rotatable bonds is 3. The molecule has 0 saturated carbocycles. The summed E-state index contributed by atoms with van der Waals surface area (Å²) in [5, 5.41) is 20.5. The predicted molar refractivity (Wildman–Crippen MR) is 135 cm³/mol. The average Bonchev–Trinajstić information content (AvgIpc) is 3.08. The van der Waals surface area contributed by atoms with Gasteiger partial charge in [-0.2, -0.15) is 5.10 Å². The van der Waals surface area contributed by atoms with E-state index in [1.54, 1.807) is 37.4 Å². The van der Waals surface area contributed by atoms with Crippen molar-refractivity contribution in [2.75, 3.05) is 11.9 Å². The molecule has 0 radical (unpaired) electrons. The van der Waals surface area contributed by atoms with Gasteiger partial charge in [0, 0.05) is 23.4 Å². The lowest BCUT2D eigenvalue weighted by atomic mass is 10.1. The number of carbonyl (C=O) groups is 1. The van der Waals surface area contributed by atoms with E-state index in [4.69, 9.17) is 0 Å². The number of hydrogen-bond donors (Lipinski definition) is 1. The molecular weight excluding hydrogens is 428 g/mol. The highest BCUT2D eigenvalue weighted by atomic mass is 16.3. The van der Waals surface area contributed by atoms with Gasteiger partial charge in [-0.25, -0.2) is 4.57 Å². The quantitative estimate of drug-likeness (QED) is 0.376. The summed E-state index contributed by atoms with van der Waals surface area (Å²) in [7, 11) is 1.69. The van der Waals surface area contributed by atoms with Crippen LogP contribution in [0, 0.1) is 13.8 Å². The van der Waals surface area contributed by atoms with Gasteiger partial charge < -0.3 is 10.0 Å². The van der Waals surface area contributed by atoms with Gasteiger partial charge >= 0.3 is 0 Å². The number of aromatic hydroxyl groups is 1. The molecule has 168 valence electrons. The SMILES string of the molecule is Cc1ccc(-n2c(O)c(/C=N/N=C3C(=O)N(C)c4ccccc43)c3ccccc3c2=O)cc1C. The largest absolute Gasteiger partial charge is 0.494 e. The van der Waals surface area contributed by atoms with Crippen LogP contribution in [0.2, 0.25) is 0 Å². The number of nitrogens with zero attached hydrogens (tertiary/aromatic N) is 4. The van der Waals surface area contributed by atoms with Gasteiger partial charge in [0.1, 0.15) is 0 Å². The monoisotopic (exact) mass is 450 g/mol. The molecular formula is C27H22N4O3. The molecule has 0 atom stereocenters. The number of pyridine rings is 1. The van der Waals surface area contributed by atoms with E-state index in [1.807, 2.05) is 50.2 Å². The molecule has 7 heteroatoms. The van der Waals surface area contributed by atoms with Crippen LogP contribution in [0.5, 0.6) is 5.88 Å². The second-order valence-electron chi connectivity index (χ2n) is 8.27. The molecule has 5 rings (SSSR count). The number of amides is 1. The van der Waals surface area contributed by atoms with E-state index >= 15 is 0 Å². The predicted octanol–water partition coefficient (Wildman–Crippen LogP) is 4.11. The van der Waals surface area contributed by atoms with Crippen molar-refractivity contribution >= 4 is 34.3 Å². The Morgan fingerprint density at radius 2 is 1.59 bits per heavy atom. The normalized spacial score (nSPS) is 14.5. The number of para-hydroxylation sites is 1. The Morgan fingerprint density at radius 1 is 0.882 bits per heavy atom. The zero-order valence-electron chi connectivity index (χ0n) is 19.0. The lowest BCUT2D eigenvalue weighted by Gasteiger charge is -2.14. The van der Waals surface area contributed by atoms with Crippen LogP contribution in [0.4, 0.5) is 5.69 Å². The van der Waals surface area contributed by atoms with E-state index in [0.717, 1.165) is 16.8 Å². The summed E-state index contributed by atoms with van der Waals surface area (Å²) in [6, 6.07) is 19.9. The molecule has 3 aromatic carbocycles. The summed E-state index contributed by atoms with van der Waals surface area (Å²) in [5.41, 5.74) is 4.33. The number of carbonyl (C=O) groups excluding carboxylic acids is 1. The molecule has 1 amide bonds. The van der Waals surface area contributed by atoms with Crippen molar-refractivity contribution in [3.05, 3.63) is 99.3 Å². The molecule has 2 heterocycles. The first-order valence-corrected chi connectivity index (χ1v) is 10.8. The van der Waals surface area contributed by atoms with Crippen LogP contribution in [0.3, 0.4) is 0 Å². The van der Waals surface area contributed by atoms with Crippen molar-refractivity contribution in [3.8, 4) is 11.6 Å². The van der Waals surface area contributed by atoms with Gasteiger partial charge in [-0.1, -0.05) is 42.5 Å². The number of hydrogen-bond acceptors (Lipinski definition) is 5. The van der Waals surface area contributed by atoms with Crippen LogP contribution in [0.15, 0.2) is 81.7 Å². The lowest BCUT2D eigenvalue weighted by molar-refractivity contribution is -0.111. The average molecular weight is 450 g/mol. The smallest absolute Gasteiger partial charge is 0.279 e. The third-order valence-electron chi connectivity index (χ3n) is 6.22. The zero-order chi connectivity index (χ0) is 24.0. The van der Waals surface area contributed by atoms with Crippen molar-refractivity contribution in [2.24, 2.45) is 10.2 Å². The van der Waals surface area contributed by atoms with Gasteiger partial charge in [0.15, 0.2) is 5.71 Å². The molecule has 4 aromatic rings. The Hall–Kier alpha value is -4.52. The third-order valence-corrected chi connectivity index (χ3v) is 6.22. The fraction of sp³-hybridized carbons (Fsp3) is 0.111. The summed E-state index contributed by atoms with van der Waals surface area (Å²) in [5.74, 6) is -0.501. The van der Waals surface area contributed by atoms with Crippen LogP contribution >= 0.6 is 0 Å². The highest BCUT2D eigenvalue weighted by Gasteiger charge is 2.31. The summed E-state index contributed by atoms with van der Waals surface area (Å²) < 4.78 is 1.27. The fourth-order valence-corrected chi connectivity index (χ4v) is 4.18. The van der Waals surface area contributed by atoms with E-state index in [-0.39, 0.29) is 23.1 Å². The standard InChI is InChI=1S/C27H22N4O3/c1-16-12-13-18(14-17(16)2)31-25(32)20-9-5-4-8-19(20)22(26(31)33)15-28-29-24-21-10-6-7-11-23(21)30(3)27(24)34/h4-15,33H,1-3H3/b28-15+,29-24?. The summed E-state index contributed by atoms with van der Waals surface area (Å²) in [4.78, 5) is 27.5. The van der Waals surface area contributed by atoms with E-state index in [2.05, 4.69) is 10.2 Å². The summed E-state index contributed by atoms with van der Waals surface area (Å²) in [6.07, 6.45) is 1.38. The Labute approximate surface area is 195 Å². The second kappa shape index (κ2) is 8.12. The van der Waals surface area contributed by atoms with Gasteiger partial charge in [-0.15, -0.1) is 5.10 Å². The maximum Gasteiger partial charge on any atom is 0.279 e. The number of anilines is 1. The van der Waals surface area contributed by atoms with Crippen LogP contribution in [-0.2, 0) is 4.79 Å². The van der Waals surface area contributed by atoms with E-state index < -0.39 is 0 Å². The van der Waals surface area contributed by atoms with Crippen LogP contribution in [-0.4, -0.2) is 34.6 Å². The minimum Gasteiger partial charge on any atom is -0.494 e. The van der Waals surface area contributed by atoms with Crippen molar-refractivity contribution in [1.29, 1.82) is 0 Å². The van der Waals surface area contributed by atoms with E-state index in [0.29, 0.717) is 27.6 Å². The van der Waals surface area contributed by atoms with Gasteiger partial charge in [-0.3, -0.25) is 9.59 Å². The van der Waals surface area contributed by atoms with Crippen molar-refractivity contribution in [2.45, 2.75) is 13.8 Å². The summed E-state index contributed by atoms with van der Waals surface area (Å²) in [6.45, 7) is 3.94. The molecule has 0 spiro atoms. The minimum atomic E-state index is -0.332. The topological polar surface area (TPSA) is 87.3 Å². The Morgan fingerprint density at radius 3 is 2.35 bits per heavy atom. The van der Waals surface area contributed by atoms with Crippen molar-refractivity contribution in [3.63, 3.8) is 0 Å². The molecule has 1 aliphatic rings. The highest BCUT2D eigenvalue weighted by Crippen LogP contribution is 2.29. The molecule has 1 aromatic heterocycles. The maximum absolute atomic E-state index is 13.3. The number of fused-ring (bicyclic) bond motifs is 2. The first-order chi connectivity index (χ1) is 16.4. The molecule has 1 aliphatic heterocycles. The Kier molecular flexibility index (Phi) is 5.09. The van der Waals surface area contributed by atoms with Gasteiger partial charge in [0.2, 0.25) is 5.88 Å². The maximum atomic E-state index is 13.3. The Balaban J connectivity index is 1.68. The molecule has 0 aliphatic carbocycles. The highest BCUT2D eigenvalue weighted by molar-refractivity contribution is 6.54. The molecule has 34 heavy (non-hydrogen) atoms. The van der Waals surface area contributed by atoms with Crippen molar-refractivity contribution in [1.82, 2.24) is 4.57 Å².